The van der Waals surface area contributed by atoms with Crippen molar-refractivity contribution in [2.45, 2.75) is 36.0 Å². The van der Waals surface area contributed by atoms with Gasteiger partial charge in [-0.05, 0) is 36.2 Å². The van der Waals surface area contributed by atoms with Crippen molar-refractivity contribution in [2.24, 2.45) is 7.05 Å². The largest absolute Gasteiger partial charge is 0.455 e. The monoisotopic (exact) mass is 492 g/mol. The molecule has 7 nitrogen and oxygen atoms in total. The zero-order valence-electron chi connectivity index (χ0n) is 18.3. The number of carbonyl (C=O) groups excluding carboxylic acids is 2. The minimum atomic E-state index is -4.52. The molecule has 1 aromatic carbocycles. The summed E-state index contributed by atoms with van der Waals surface area (Å²) in [5.74, 6) is 0.404. The first-order chi connectivity index (χ1) is 16.2. The van der Waals surface area contributed by atoms with E-state index in [1.54, 1.807) is 17.2 Å². The van der Waals surface area contributed by atoms with E-state index in [9.17, 15) is 22.8 Å². The second-order valence-corrected chi connectivity index (χ2v) is 8.91. The predicted octanol–water partition coefficient (Wildman–Crippen LogP) is 4.42. The number of aromatic nitrogens is 2. The van der Waals surface area contributed by atoms with Crippen LogP contribution in [-0.2, 0) is 23.8 Å². The number of hydrogen-bond donors (Lipinski definition) is 1. The third kappa shape index (κ3) is 5.64. The zero-order valence-corrected chi connectivity index (χ0v) is 19.2. The van der Waals surface area contributed by atoms with Gasteiger partial charge >= 0.3 is 6.18 Å². The zero-order chi connectivity index (χ0) is 24.3. The molecule has 0 aliphatic carbocycles. The number of benzene rings is 1. The first kappa shape index (κ1) is 23.9. The van der Waals surface area contributed by atoms with Crippen molar-refractivity contribution in [1.29, 1.82) is 0 Å². The molecule has 11 heteroatoms. The van der Waals surface area contributed by atoms with Crippen molar-refractivity contribution in [2.75, 3.05) is 13.1 Å². The van der Waals surface area contributed by atoms with Crippen molar-refractivity contribution in [1.82, 2.24) is 19.8 Å². The summed E-state index contributed by atoms with van der Waals surface area (Å²) < 4.78 is 47.3. The summed E-state index contributed by atoms with van der Waals surface area (Å²) in [6.07, 6.45) is 0.0509. The fourth-order valence-electron chi connectivity index (χ4n) is 3.72. The minimum Gasteiger partial charge on any atom is -0.455 e. The number of furan rings is 1. The number of aryl methyl sites for hydroxylation is 1. The van der Waals surface area contributed by atoms with Crippen LogP contribution in [0.3, 0.4) is 0 Å². The summed E-state index contributed by atoms with van der Waals surface area (Å²) in [5.41, 5.74) is -0.552. The van der Waals surface area contributed by atoms with E-state index in [0.29, 0.717) is 30.9 Å². The van der Waals surface area contributed by atoms with Gasteiger partial charge in [-0.1, -0.05) is 23.9 Å². The Bertz CT molecular complexity index is 1170. The van der Waals surface area contributed by atoms with Crippen molar-refractivity contribution >= 4 is 23.6 Å². The topological polar surface area (TPSA) is 80.4 Å². The molecule has 2 amide bonds. The van der Waals surface area contributed by atoms with Gasteiger partial charge in [-0.2, -0.15) is 13.2 Å². The van der Waals surface area contributed by atoms with E-state index < -0.39 is 23.7 Å². The molecule has 4 rings (SSSR count). The smallest absolute Gasteiger partial charge is 0.416 e. The van der Waals surface area contributed by atoms with Crippen molar-refractivity contribution in [3.05, 3.63) is 71.4 Å². The van der Waals surface area contributed by atoms with E-state index in [2.05, 4.69) is 10.3 Å². The number of halogens is 3. The standard InChI is InChI=1S/C23H23F3N4O3S/c1-29-11-9-27-22(29)34-14-17-7-8-19(33-17)21(32)28-18(13-30-10-3-6-20(30)31)15-4-2-5-16(12-15)23(24,25)26/h2,4-5,7-9,11-12,18H,3,6,10,13-14H2,1H3,(H,28,32). The Kier molecular flexibility index (Phi) is 7.01. The molecule has 1 saturated heterocycles. The first-order valence-corrected chi connectivity index (χ1v) is 11.6. The lowest BCUT2D eigenvalue weighted by molar-refractivity contribution is -0.137. The number of rotatable bonds is 8. The van der Waals surface area contributed by atoms with Gasteiger partial charge in [0.1, 0.15) is 5.76 Å². The molecule has 1 aliphatic rings. The van der Waals surface area contributed by atoms with Gasteiger partial charge in [-0.25, -0.2) is 4.98 Å². The van der Waals surface area contributed by atoms with E-state index in [1.807, 2.05) is 17.8 Å². The molecular weight excluding hydrogens is 469 g/mol. The molecule has 2 aromatic heterocycles. The number of thioether (sulfide) groups is 1. The normalized spacial score (nSPS) is 15.1. The molecule has 3 aromatic rings. The molecule has 0 spiro atoms. The van der Waals surface area contributed by atoms with Gasteiger partial charge in [-0.3, -0.25) is 9.59 Å². The van der Waals surface area contributed by atoms with Gasteiger partial charge in [0.15, 0.2) is 10.9 Å². The summed E-state index contributed by atoms with van der Waals surface area (Å²) >= 11 is 1.44. The van der Waals surface area contributed by atoms with Gasteiger partial charge in [0.25, 0.3) is 5.91 Å². The van der Waals surface area contributed by atoms with Crippen LogP contribution in [0.2, 0.25) is 0 Å². The second-order valence-electron chi connectivity index (χ2n) is 7.97. The highest BCUT2D eigenvalue weighted by Crippen LogP contribution is 2.31. The Labute approximate surface area is 198 Å². The molecule has 0 saturated carbocycles. The maximum atomic E-state index is 13.3. The van der Waals surface area contributed by atoms with Crippen LogP contribution in [0.5, 0.6) is 0 Å². The lowest BCUT2D eigenvalue weighted by Gasteiger charge is -2.25. The summed E-state index contributed by atoms with van der Waals surface area (Å²) in [6.45, 7) is 0.577. The molecule has 180 valence electrons. The molecular formula is C23H23F3N4O3S. The molecule has 1 aliphatic heterocycles. The lowest BCUT2D eigenvalue weighted by Crippen LogP contribution is -2.38. The molecule has 0 radical (unpaired) electrons. The van der Waals surface area contributed by atoms with Gasteiger partial charge in [-0.15, -0.1) is 0 Å². The quantitative estimate of drug-likeness (QED) is 0.471. The van der Waals surface area contributed by atoms with E-state index in [4.69, 9.17) is 4.42 Å². The van der Waals surface area contributed by atoms with Crippen LogP contribution in [0.4, 0.5) is 13.2 Å². The number of imidazole rings is 1. The second kappa shape index (κ2) is 9.96. The molecule has 3 heterocycles. The number of nitrogens with one attached hydrogen (secondary N) is 1. The number of nitrogens with zero attached hydrogens (tertiary/aromatic N) is 3. The minimum absolute atomic E-state index is 0.0418. The van der Waals surface area contributed by atoms with E-state index in [0.717, 1.165) is 17.3 Å². The Balaban J connectivity index is 1.49. The Morgan fingerprint density at radius 2 is 2.12 bits per heavy atom. The van der Waals surface area contributed by atoms with Crippen LogP contribution in [0.15, 0.2) is 58.4 Å². The van der Waals surface area contributed by atoms with Gasteiger partial charge in [0, 0.05) is 39.0 Å². The van der Waals surface area contributed by atoms with Gasteiger partial charge in [0.05, 0.1) is 17.4 Å². The third-order valence-corrected chi connectivity index (χ3v) is 6.58. The van der Waals surface area contributed by atoms with Crippen LogP contribution >= 0.6 is 11.8 Å². The summed E-state index contributed by atoms with van der Waals surface area (Å²) in [6, 6.07) is 7.15. The number of alkyl halides is 3. The van der Waals surface area contributed by atoms with Gasteiger partial charge < -0.3 is 19.2 Å². The van der Waals surface area contributed by atoms with Crippen molar-refractivity contribution in [3.8, 4) is 0 Å². The molecule has 1 unspecified atom stereocenters. The van der Waals surface area contributed by atoms with Crippen molar-refractivity contribution in [3.63, 3.8) is 0 Å². The number of carbonyl (C=O) groups is 2. The Hall–Kier alpha value is -3.21. The summed E-state index contributed by atoms with van der Waals surface area (Å²) in [5, 5.41) is 3.54. The SMILES string of the molecule is Cn1ccnc1SCc1ccc(C(=O)NC(CN2CCCC2=O)c2cccc(C(F)(F)F)c2)o1. The van der Waals surface area contributed by atoms with E-state index in [-0.39, 0.29) is 23.8 Å². The molecule has 0 bridgehead atoms. The van der Waals surface area contributed by atoms with Crippen LogP contribution < -0.4 is 5.32 Å². The predicted molar refractivity (Wildman–Crippen MR) is 119 cm³/mol. The van der Waals surface area contributed by atoms with Crippen LogP contribution in [-0.4, -0.2) is 39.4 Å². The fraction of sp³-hybridized carbons (Fsp3) is 0.348. The van der Waals surface area contributed by atoms with Crippen molar-refractivity contribution < 1.29 is 27.2 Å². The molecule has 1 atom stereocenters. The molecule has 34 heavy (non-hydrogen) atoms. The van der Waals surface area contributed by atoms with Gasteiger partial charge in [0.2, 0.25) is 5.91 Å². The fourth-order valence-corrected chi connectivity index (χ4v) is 4.54. The Morgan fingerprint density at radius 1 is 1.29 bits per heavy atom. The summed E-state index contributed by atoms with van der Waals surface area (Å²) in [4.78, 5) is 30.8. The maximum absolute atomic E-state index is 13.3. The molecule has 1 fully saturated rings. The highest BCUT2D eigenvalue weighted by molar-refractivity contribution is 7.98. The highest BCUT2D eigenvalue weighted by atomic mass is 32.2. The number of likely N-dealkylation sites (tertiary alicyclic amines) is 1. The summed E-state index contributed by atoms with van der Waals surface area (Å²) in [7, 11) is 1.87. The third-order valence-electron chi connectivity index (χ3n) is 5.50. The molecule has 1 N–H and O–H groups in total. The average molecular weight is 493 g/mol. The van der Waals surface area contributed by atoms with Crippen LogP contribution in [0.1, 0.15) is 46.3 Å². The Morgan fingerprint density at radius 3 is 2.79 bits per heavy atom. The number of hydrogen-bond acceptors (Lipinski definition) is 5. The average Bonchev–Trinajstić information content (AvgIpc) is 3.53. The highest BCUT2D eigenvalue weighted by Gasteiger charge is 2.32. The van der Waals surface area contributed by atoms with E-state index >= 15 is 0 Å². The van der Waals surface area contributed by atoms with E-state index in [1.165, 1.54) is 30.0 Å². The maximum Gasteiger partial charge on any atom is 0.416 e. The lowest BCUT2D eigenvalue weighted by atomic mass is 10.0. The number of amides is 2. The van der Waals surface area contributed by atoms with Crippen LogP contribution in [0, 0.1) is 0 Å². The van der Waals surface area contributed by atoms with Crippen LogP contribution in [0.25, 0.3) is 0 Å². The first-order valence-electron chi connectivity index (χ1n) is 10.7.